The first-order valence-corrected chi connectivity index (χ1v) is 11.3. The van der Waals surface area contributed by atoms with Crippen LogP contribution in [-0.2, 0) is 21.4 Å². The van der Waals surface area contributed by atoms with Gasteiger partial charge < -0.3 is 9.64 Å². The van der Waals surface area contributed by atoms with E-state index in [1.807, 2.05) is 13.8 Å². The molecular formula is C21H24ClN3O4S. The fraction of sp³-hybridized carbons (Fsp3) is 0.333. The highest BCUT2D eigenvalue weighted by Crippen LogP contribution is 2.26. The van der Waals surface area contributed by atoms with Crippen molar-refractivity contribution in [2.75, 3.05) is 14.2 Å². The van der Waals surface area contributed by atoms with Crippen molar-refractivity contribution in [2.24, 2.45) is 10.9 Å². The summed E-state index contributed by atoms with van der Waals surface area (Å²) in [5.74, 6) is 0.435. The highest BCUT2D eigenvalue weighted by atomic mass is 35.5. The van der Waals surface area contributed by atoms with E-state index in [0.29, 0.717) is 16.3 Å². The zero-order chi connectivity index (χ0) is 22.1. The van der Waals surface area contributed by atoms with E-state index < -0.39 is 16.1 Å². The fourth-order valence-corrected chi connectivity index (χ4v) is 4.72. The Balaban J connectivity index is 1.90. The molecular weight excluding hydrogens is 426 g/mol. The largest absolute Gasteiger partial charge is 0.496 e. The summed E-state index contributed by atoms with van der Waals surface area (Å²) in [5.41, 5.74) is 1.23. The molecule has 1 aliphatic heterocycles. The van der Waals surface area contributed by atoms with Crippen LogP contribution in [0.3, 0.4) is 0 Å². The number of halogens is 1. The Kier molecular flexibility index (Phi) is 6.38. The van der Waals surface area contributed by atoms with Gasteiger partial charge in [-0.25, -0.2) is 8.42 Å². The average Bonchev–Trinajstić information content (AvgIpc) is 2.96. The van der Waals surface area contributed by atoms with Gasteiger partial charge in [0.2, 0.25) is 5.91 Å². The smallest absolute Gasteiger partial charge is 0.263 e. The minimum Gasteiger partial charge on any atom is -0.496 e. The topological polar surface area (TPSA) is 88.1 Å². The van der Waals surface area contributed by atoms with E-state index in [2.05, 4.69) is 9.71 Å². The molecule has 0 spiro atoms. The lowest BCUT2D eigenvalue weighted by atomic mass is 10.0. The maximum atomic E-state index is 13.2. The van der Waals surface area contributed by atoms with Gasteiger partial charge in [0.15, 0.2) is 0 Å². The Morgan fingerprint density at radius 3 is 2.60 bits per heavy atom. The van der Waals surface area contributed by atoms with Gasteiger partial charge in [0.25, 0.3) is 10.0 Å². The quantitative estimate of drug-likeness (QED) is 0.734. The molecule has 1 heterocycles. The summed E-state index contributed by atoms with van der Waals surface area (Å²) in [4.78, 5) is 19.4. The number of carbonyl (C=O) groups excluding carboxylic acids is 1. The predicted octanol–water partition coefficient (Wildman–Crippen LogP) is 3.07. The van der Waals surface area contributed by atoms with Crippen LogP contribution < -0.4 is 9.46 Å². The number of ether oxygens (including phenoxy) is 1. The summed E-state index contributed by atoms with van der Waals surface area (Å²) in [6, 6.07) is 11.0. The van der Waals surface area contributed by atoms with Crippen LogP contribution in [0, 0.1) is 5.92 Å². The summed E-state index contributed by atoms with van der Waals surface area (Å²) in [7, 11) is -0.443. The number of carbonyl (C=O) groups is 1. The predicted molar refractivity (Wildman–Crippen MR) is 116 cm³/mol. The summed E-state index contributed by atoms with van der Waals surface area (Å²) >= 11 is 6.09. The highest BCUT2D eigenvalue weighted by Gasteiger charge is 2.33. The zero-order valence-electron chi connectivity index (χ0n) is 17.2. The number of likely N-dealkylation sites (N-methyl/N-ethyl adjacent to an activating group) is 1. The molecule has 7 nitrogen and oxygen atoms in total. The third-order valence-corrected chi connectivity index (χ3v) is 6.47. The maximum Gasteiger partial charge on any atom is 0.263 e. The monoisotopic (exact) mass is 449 g/mol. The normalized spacial score (nSPS) is 16.8. The summed E-state index contributed by atoms with van der Waals surface area (Å²) in [6.45, 7) is 4.02. The number of amides is 1. The lowest BCUT2D eigenvalue weighted by Crippen LogP contribution is -2.39. The van der Waals surface area contributed by atoms with Gasteiger partial charge in [-0.1, -0.05) is 37.6 Å². The third kappa shape index (κ3) is 4.44. The summed E-state index contributed by atoms with van der Waals surface area (Å²) in [5, 5.41) is 0.546. The van der Waals surface area contributed by atoms with Gasteiger partial charge in [-0.2, -0.15) is 0 Å². The van der Waals surface area contributed by atoms with Crippen LogP contribution in [-0.4, -0.2) is 45.3 Å². The molecule has 0 unspecified atom stereocenters. The van der Waals surface area contributed by atoms with E-state index in [4.69, 9.17) is 16.3 Å². The lowest BCUT2D eigenvalue weighted by molar-refractivity contribution is -0.132. The van der Waals surface area contributed by atoms with Crippen molar-refractivity contribution < 1.29 is 17.9 Å². The van der Waals surface area contributed by atoms with Gasteiger partial charge in [-0.05, 0) is 36.2 Å². The molecule has 0 bridgehead atoms. The van der Waals surface area contributed by atoms with Crippen molar-refractivity contribution in [2.45, 2.75) is 31.3 Å². The second-order valence-electron chi connectivity index (χ2n) is 7.42. The molecule has 0 saturated heterocycles. The van der Waals surface area contributed by atoms with Crippen LogP contribution in [0.4, 0.5) is 0 Å². The second-order valence-corrected chi connectivity index (χ2v) is 9.51. The standard InChI is InChI=1S/C21H24ClN3O4S/c1-13(2)19(23-20-16-7-5-6-8-18(16)30(27,28)24-20)21(26)25(3)12-14-11-15(22)9-10-17(14)29-4/h5-11,13,19H,12H2,1-4H3,(H,23,24)/t19-/m0/s1. The number of hydrogen-bond acceptors (Lipinski definition) is 5. The van der Waals surface area contributed by atoms with Crippen LogP contribution in [0.15, 0.2) is 52.4 Å². The van der Waals surface area contributed by atoms with Crippen LogP contribution >= 0.6 is 11.6 Å². The molecule has 1 N–H and O–H groups in total. The van der Waals surface area contributed by atoms with E-state index in [-0.39, 0.29) is 29.1 Å². The molecule has 0 radical (unpaired) electrons. The molecule has 0 fully saturated rings. The Morgan fingerprint density at radius 1 is 1.23 bits per heavy atom. The highest BCUT2D eigenvalue weighted by molar-refractivity contribution is 7.90. The minimum atomic E-state index is -3.67. The van der Waals surface area contributed by atoms with Gasteiger partial charge in [0.1, 0.15) is 17.6 Å². The zero-order valence-corrected chi connectivity index (χ0v) is 18.8. The summed E-state index contributed by atoms with van der Waals surface area (Å²) in [6.07, 6.45) is 0. The third-order valence-electron chi connectivity index (χ3n) is 4.84. The van der Waals surface area contributed by atoms with E-state index in [1.165, 1.54) is 11.0 Å². The van der Waals surface area contributed by atoms with Gasteiger partial charge in [0.05, 0.1) is 12.0 Å². The number of fused-ring (bicyclic) bond motifs is 1. The SMILES string of the molecule is COc1ccc(Cl)cc1CN(C)C(=O)[C@@H](N=C1NS(=O)(=O)c2ccccc21)C(C)C. The van der Waals surface area contributed by atoms with Crippen molar-refractivity contribution in [1.82, 2.24) is 9.62 Å². The number of methoxy groups -OCH3 is 1. The molecule has 3 rings (SSSR count). The summed E-state index contributed by atoms with van der Waals surface area (Å²) < 4.78 is 32.5. The number of sulfonamides is 1. The molecule has 1 amide bonds. The Morgan fingerprint density at radius 2 is 1.93 bits per heavy atom. The first-order chi connectivity index (χ1) is 14.1. The molecule has 0 aromatic heterocycles. The maximum absolute atomic E-state index is 13.2. The Hall–Kier alpha value is -2.58. The minimum absolute atomic E-state index is 0.147. The molecule has 1 aliphatic rings. The molecule has 1 atom stereocenters. The van der Waals surface area contributed by atoms with Crippen LogP contribution in [0.5, 0.6) is 5.75 Å². The number of amidine groups is 1. The van der Waals surface area contributed by atoms with E-state index in [1.54, 1.807) is 50.6 Å². The van der Waals surface area contributed by atoms with Crippen LogP contribution in [0.1, 0.15) is 25.0 Å². The van der Waals surface area contributed by atoms with Crippen molar-refractivity contribution in [3.05, 3.63) is 58.6 Å². The van der Waals surface area contributed by atoms with E-state index >= 15 is 0 Å². The number of hydrogen-bond donors (Lipinski definition) is 1. The number of nitrogens with zero attached hydrogens (tertiary/aromatic N) is 2. The first kappa shape index (κ1) is 22.1. The van der Waals surface area contributed by atoms with Crippen LogP contribution in [0.25, 0.3) is 0 Å². The van der Waals surface area contributed by atoms with Crippen molar-refractivity contribution in [3.8, 4) is 5.75 Å². The second kappa shape index (κ2) is 8.65. The van der Waals surface area contributed by atoms with E-state index in [9.17, 15) is 13.2 Å². The fourth-order valence-electron chi connectivity index (χ4n) is 3.29. The van der Waals surface area contributed by atoms with Gasteiger partial charge in [-0.3, -0.25) is 14.5 Å². The van der Waals surface area contributed by atoms with Gasteiger partial charge in [0, 0.05) is 29.7 Å². The molecule has 9 heteroatoms. The molecule has 2 aromatic rings. The average molecular weight is 450 g/mol. The van der Waals surface area contributed by atoms with E-state index in [0.717, 1.165) is 5.56 Å². The van der Waals surface area contributed by atoms with Gasteiger partial charge >= 0.3 is 0 Å². The molecule has 0 aliphatic carbocycles. The molecule has 160 valence electrons. The number of rotatable bonds is 6. The molecule has 2 aromatic carbocycles. The lowest BCUT2D eigenvalue weighted by Gasteiger charge is -2.25. The number of aliphatic imine (C=N–C) groups is 1. The molecule has 30 heavy (non-hydrogen) atoms. The van der Waals surface area contributed by atoms with Crippen LogP contribution in [0.2, 0.25) is 5.02 Å². The van der Waals surface area contributed by atoms with Crippen molar-refractivity contribution in [1.29, 1.82) is 0 Å². The Labute approximate surface area is 181 Å². The number of nitrogens with one attached hydrogen (secondary N) is 1. The first-order valence-electron chi connectivity index (χ1n) is 9.41. The number of benzene rings is 2. The van der Waals surface area contributed by atoms with Crippen molar-refractivity contribution in [3.63, 3.8) is 0 Å². The molecule has 0 saturated carbocycles. The Bertz CT molecular complexity index is 1100. The van der Waals surface area contributed by atoms with Gasteiger partial charge in [-0.15, -0.1) is 0 Å². The van der Waals surface area contributed by atoms with Crippen molar-refractivity contribution >= 4 is 33.4 Å².